The van der Waals surface area contributed by atoms with Crippen molar-refractivity contribution in [3.8, 4) is 11.4 Å². The van der Waals surface area contributed by atoms with Crippen LogP contribution in [-0.2, 0) is 0 Å². The zero-order chi connectivity index (χ0) is 10.8. The van der Waals surface area contributed by atoms with Gasteiger partial charge in [-0.1, -0.05) is 11.2 Å². The van der Waals surface area contributed by atoms with Crippen LogP contribution in [-0.4, -0.2) is 15.1 Å². The highest BCUT2D eigenvalue weighted by Crippen LogP contribution is 2.29. The molecule has 2 rings (SSSR count). The second kappa shape index (κ2) is 3.45. The van der Waals surface area contributed by atoms with Gasteiger partial charge in [0.1, 0.15) is 5.56 Å². The molecule has 7 heteroatoms. The molecule has 1 heterocycles. The lowest BCUT2D eigenvalue weighted by Crippen LogP contribution is -1.96. The summed E-state index contributed by atoms with van der Waals surface area (Å²) in [6, 6.07) is 3.70. The number of rotatable bonds is 2. The average molecular weight is 209 g/mol. The highest BCUT2D eigenvalue weighted by Gasteiger charge is 2.23. The molecule has 76 valence electrons. The van der Waals surface area contributed by atoms with E-state index in [0.717, 1.165) is 12.5 Å². The van der Waals surface area contributed by atoms with Gasteiger partial charge >= 0.3 is 5.69 Å². The molecule has 0 unspecified atom stereocenters. The number of nitro benzene ring substituents is 1. The minimum Gasteiger partial charge on any atom is -0.342 e. The van der Waals surface area contributed by atoms with E-state index in [2.05, 4.69) is 14.7 Å². The lowest BCUT2D eigenvalue weighted by Gasteiger charge is -1.98. The van der Waals surface area contributed by atoms with Crippen LogP contribution in [0, 0.1) is 15.9 Å². The maximum Gasteiger partial charge on any atom is 0.315 e. The Morgan fingerprint density at radius 2 is 2.27 bits per heavy atom. The lowest BCUT2D eigenvalue weighted by atomic mass is 10.1. The van der Waals surface area contributed by atoms with Gasteiger partial charge < -0.3 is 4.52 Å². The molecule has 0 aliphatic rings. The Morgan fingerprint density at radius 3 is 2.87 bits per heavy atom. The summed E-state index contributed by atoms with van der Waals surface area (Å²) < 4.78 is 17.6. The highest BCUT2D eigenvalue weighted by molar-refractivity contribution is 5.67. The normalized spacial score (nSPS) is 10.2. The van der Waals surface area contributed by atoms with Crippen molar-refractivity contribution >= 4 is 5.69 Å². The summed E-state index contributed by atoms with van der Waals surface area (Å²) in [5, 5.41) is 14.0. The van der Waals surface area contributed by atoms with E-state index < -0.39 is 16.4 Å². The van der Waals surface area contributed by atoms with Crippen molar-refractivity contribution in [3.05, 3.63) is 40.5 Å². The molecule has 0 radical (unpaired) electrons. The largest absolute Gasteiger partial charge is 0.342 e. The van der Waals surface area contributed by atoms with Gasteiger partial charge in [0, 0.05) is 0 Å². The molecule has 0 N–H and O–H groups in total. The maximum absolute atomic E-state index is 13.2. The monoisotopic (exact) mass is 209 g/mol. The van der Waals surface area contributed by atoms with E-state index in [-0.39, 0.29) is 11.4 Å². The summed E-state index contributed by atoms with van der Waals surface area (Å²) in [6.45, 7) is 0. The van der Waals surface area contributed by atoms with Crippen LogP contribution in [0.4, 0.5) is 10.1 Å². The summed E-state index contributed by atoms with van der Waals surface area (Å²) in [5.74, 6) is -0.941. The van der Waals surface area contributed by atoms with Crippen LogP contribution < -0.4 is 0 Å². The number of benzene rings is 1. The molecule has 15 heavy (non-hydrogen) atoms. The molecule has 0 spiro atoms. The van der Waals surface area contributed by atoms with Crippen LogP contribution in [0.1, 0.15) is 0 Å². The van der Waals surface area contributed by atoms with Crippen LogP contribution in [0.2, 0.25) is 0 Å². The van der Waals surface area contributed by atoms with Gasteiger partial charge in [-0.15, -0.1) is 0 Å². The van der Waals surface area contributed by atoms with E-state index >= 15 is 0 Å². The van der Waals surface area contributed by atoms with Gasteiger partial charge in [-0.05, 0) is 12.1 Å². The van der Waals surface area contributed by atoms with E-state index in [0.29, 0.717) is 0 Å². The van der Waals surface area contributed by atoms with E-state index in [1.807, 2.05) is 0 Å². The number of hydrogen-bond donors (Lipinski definition) is 0. The van der Waals surface area contributed by atoms with E-state index in [1.54, 1.807) is 0 Å². The Bertz CT molecular complexity index is 498. The van der Waals surface area contributed by atoms with Gasteiger partial charge in [0.05, 0.1) is 4.92 Å². The topological polar surface area (TPSA) is 82.1 Å². The van der Waals surface area contributed by atoms with Crippen molar-refractivity contribution in [1.29, 1.82) is 0 Å². The first-order valence-electron chi connectivity index (χ1n) is 3.90. The molecular weight excluding hydrogens is 205 g/mol. The standard InChI is InChI=1S/C8H4FN3O3/c9-6-3-1-2-5(7(6)12(13)14)8-10-4-15-11-8/h1-4H. The van der Waals surface area contributed by atoms with Crippen molar-refractivity contribution < 1.29 is 13.8 Å². The highest BCUT2D eigenvalue weighted by atomic mass is 19.1. The Hall–Kier alpha value is -2.31. The molecule has 0 aliphatic heterocycles. The minimum atomic E-state index is -0.928. The Kier molecular flexibility index (Phi) is 2.13. The third kappa shape index (κ3) is 1.54. The number of nitrogens with zero attached hydrogens (tertiary/aromatic N) is 3. The fraction of sp³-hybridized carbons (Fsp3) is 0. The summed E-state index contributed by atoms with van der Waals surface area (Å²) in [7, 11) is 0. The van der Waals surface area contributed by atoms with Gasteiger partial charge in [0.25, 0.3) is 0 Å². The smallest absolute Gasteiger partial charge is 0.315 e. The molecule has 0 saturated carbocycles. The number of halogens is 1. The van der Waals surface area contributed by atoms with Crippen LogP contribution in [0.15, 0.2) is 29.1 Å². The second-order valence-corrected chi connectivity index (χ2v) is 2.65. The Morgan fingerprint density at radius 1 is 1.47 bits per heavy atom. The molecule has 0 bridgehead atoms. The van der Waals surface area contributed by atoms with Gasteiger partial charge in [0.2, 0.25) is 18.0 Å². The lowest BCUT2D eigenvalue weighted by molar-refractivity contribution is -0.386. The van der Waals surface area contributed by atoms with Crippen molar-refractivity contribution in [2.24, 2.45) is 0 Å². The Balaban J connectivity index is 2.66. The third-order valence-electron chi connectivity index (χ3n) is 1.77. The zero-order valence-corrected chi connectivity index (χ0v) is 7.25. The van der Waals surface area contributed by atoms with Gasteiger partial charge in [-0.3, -0.25) is 10.1 Å². The summed E-state index contributed by atoms with van der Waals surface area (Å²) >= 11 is 0. The third-order valence-corrected chi connectivity index (χ3v) is 1.77. The van der Waals surface area contributed by atoms with Gasteiger partial charge in [-0.25, -0.2) is 0 Å². The molecule has 1 aromatic heterocycles. The maximum atomic E-state index is 13.2. The zero-order valence-electron chi connectivity index (χ0n) is 7.25. The average Bonchev–Trinajstić information content (AvgIpc) is 2.69. The molecule has 2 aromatic rings. The SMILES string of the molecule is O=[N+]([O-])c1c(F)cccc1-c1ncon1. The van der Waals surface area contributed by atoms with Crippen molar-refractivity contribution in [1.82, 2.24) is 10.1 Å². The van der Waals surface area contributed by atoms with Crippen LogP contribution in [0.25, 0.3) is 11.4 Å². The van der Waals surface area contributed by atoms with Crippen LogP contribution in [0.5, 0.6) is 0 Å². The van der Waals surface area contributed by atoms with Gasteiger partial charge in [-0.2, -0.15) is 9.37 Å². The predicted octanol–water partition coefficient (Wildman–Crippen LogP) is 1.78. The first-order valence-corrected chi connectivity index (χ1v) is 3.90. The molecule has 1 aromatic carbocycles. The van der Waals surface area contributed by atoms with Crippen molar-refractivity contribution in [2.75, 3.05) is 0 Å². The van der Waals surface area contributed by atoms with Gasteiger partial charge in [0.15, 0.2) is 0 Å². The quantitative estimate of drug-likeness (QED) is 0.556. The summed E-state index contributed by atoms with van der Waals surface area (Å²) in [4.78, 5) is 13.4. The van der Waals surface area contributed by atoms with E-state index in [9.17, 15) is 14.5 Å². The molecule has 0 aliphatic carbocycles. The number of para-hydroxylation sites is 1. The predicted molar refractivity (Wildman–Crippen MR) is 46.3 cm³/mol. The minimum absolute atomic E-state index is 0.00579. The van der Waals surface area contributed by atoms with Crippen molar-refractivity contribution in [2.45, 2.75) is 0 Å². The van der Waals surface area contributed by atoms with E-state index in [1.165, 1.54) is 12.1 Å². The molecule has 6 nitrogen and oxygen atoms in total. The first kappa shape index (κ1) is 9.25. The number of hydrogen-bond acceptors (Lipinski definition) is 5. The number of nitro groups is 1. The van der Waals surface area contributed by atoms with Crippen LogP contribution >= 0.6 is 0 Å². The second-order valence-electron chi connectivity index (χ2n) is 2.65. The van der Waals surface area contributed by atoms with Crippen molar-refractivity contribution in [3.63, 3.8) is 0 Å². The molecule has 0 fully saturated rings. The first-order chi connectivity index (χ1) is 7.20. The fourth-order valence-electron chi connectivity index (χ4n) is 1.17. The number of aromatic nitrogens is 2. The Labute approximate surface area is 82.5 Å². The molecule has 0 atom stereocenters. The molecular formula is C8H4FN3O3. The summed E-state index contributed by atoms with van der Waals surface area (Å²) in [5.41, 5.74) is -0.660. The molecule has 0 amide bonds. The molecule has 0 saturated heterocycles. The van der Waals surface area contributed by atoms with Crippen LogP contribution in [0.3, 0.4) is 0 Å². The van der Waals surface area contributed by atoms with E-state index in [4.69, 9.17) is 0 Å². The summed E-state index contributed by atoms with van der Waals surface area (Å²) in [6.07, 6.45) is 1.02. The fourth-order valence-corrected chi connectivity index (χ4v) is 1.17.